The molecule has 8 heteroatoms. The van der Waals surface area contributed by atoms with Crippen LogP contribution in [0.15, 0.2) is 36.4 Å². The number of anilines is 1. The lowest BCUT2D eigenvalue weighted by Crippen LogP contribution is -2.21. The Bertz CT molecular complexity index is 854. The van der Waals surface area contributed by atoms with Gasteiger partial charge < -0.3 is 19.5 Å². The van der Waals surface area contributed by atoms with E-state index in [1.54, 1.807) is 13.0 Å². The number of hydrogen-bond acceptors (Lipinski definition) is 5. The maximum absolute atomic E-state index is 12.4. The number of nitrogens with one attached hydrogen (secondary N) is 1. The van der Waals surface area contributed by atoms with Crippen molar-refractivity contribution in [2.45, 2.75) is 27.4 Å². The highest BCUT2D eigenvalue weighted by atomic mass is 19.3. The smallest absolute Gasteiger partial charge is 0.387 e. The van der Waals surface area contributed by atoms with Gasteiger partial charge in [-0.05, 0) is 56.2 Å². The third-order valence-corrected chi connectivity index (χ3v) is 3.91. The highest BCUT2D eigenvalue weighted by Crippen LogP contribution is 2.30. The van der Waals surface area contributed by atoms with E-state index in [2.05, 4.69) is 10.1 Å². The number of esters is 1. The van der Waals surface area contributed by atoms with E-state index in [-0.39, 0.29) is 23.7 Å². The molecule has 28 heavy (non-hydrogen) atoms. The van der Waals surface area contributed by atoms with Crippen LogP contribution in [0.2, 0.25) is 0 Å². The predicted octanol–water partition coefficient (Wildman–Crippen LogP) is 4.10. The summed E-state index contributed by atoms with van der Waals surface area (Å²) in [6, 6.07) is 9.14. The Hall–Kier alpha value is -3.16. The Balaban J connectivity index is 2.01. The SMILES string of the molecule is CCOc1cc(C(=O)OCC(=O)Nc2cccc(C)c2C)ccc1OC(F)F. The van der Waals surface area contributed by atoms with Crippen LogP contribution in [0.1, 0.15) is 28.4 Å². The van der Waals surface area contributed by atoms with Crippen LogP contribution in [-0.4, -0.2) is 31.7 Å². The third kappa shape index (κ3) is 5.67. The zero-order chi connectivity index (χ0) is 20.7. The molecule has 1 N–H and O–H groups in total. The van der Waals surface area contributed by atoms with E-state index in [4.69, 9.17) is 9.47 Å². The van der Waals surface area contributed by atoms with Gasteiger partial charge in [0, 0.05) is 5.69 Å². The molecule has 0 unspecified atom stereocenters. The van der Waals surface area contributed by atoms with Crippen molar-refractivity contribution < 1.29 is 32.6 Å². The number of halogens is 2. The van der Waals surface area contributed by atoms with Crippen LogP contribution in [-0.2, 0) is 9.53 Å². The summed E-state index contributed by atoms with van der Waals surface area (Å²) in [5, 5.41) is 2.68. The van der Waals surface area contributed by atoms with Crippen LogP contribution in [0.4, 0.5) is 14.5 Å². The molecule has 6 nitrogen and oxygen atoms in total. The van der Waals surface area contributed by atoms with Crippen molar-refractivity contribution in [2.75, 3.05) is 18.5 Å². The lowest BCUT2D eigenvalue weighted by molar-refractivity contribution is -0.119. The van der Waals surface area contributed by atoms with Crippen LogP contribution >= 0.6 is 0 Å². The van der Waals surface area contributed by atoms with Crippen LogP contribution < -0.4 is 14.8 Å². The van der Waals surface area contributed by atoms with Gasteiger partial charge in [-0.2, -0.15) is 8.78 Å². The monoisotopic (exact) mass is 393 g/mol. The van der Waals surface area contributed by atoms with Crippen molar-refractivity contribution in [3.63, 3.8) is 0 Å². The van der Waals surface area contributed by atoms with Gasteiger partial charge in [0.05, 0.1) is 12.2 Å². The van der Waals surface area contributed by atoms with Gasteiger partial charge in [-0.3, -0.25) is 4.79 Å². The first-order chi connectivity index (χ1) is 13.3. The molecule has 2 rings (SSSR count). The summed E-state index contributed by atoms with van der Waals surface area (Å²) in [5.74, 6) is -1.50. The summed E-state index contributed by atoms with van der Waals surface area (Å²) in [4.78, 5) is 24.2. The Labute approximate surface area is 161 Å². The van der Waals surface area contributed by atoms with E-state index in [0.717, 1.165) is 11.1 Å². The predicted molar refractivity (Wildman–Crippen MR) is 99.1 cm³/mol. The van der Waals surface area contributed by atoms with Gasteiger partial charge >= 0.3 is 12.6 Å². The number of rotatable bonds is 8. The molecule has 0 aliphatic rings. The highest BCUT2D eigenvalue weighted by Gasteiger charge is 2.16. The van der Waals surface area contributed by atoms with Crippen molar-refractivity contribution in [1.82, 2.24) is 0 Å². The van der Waals surface area contributed by atoms with E-state index >= 15 is 0 Å². The molecule has 1 amide bonds. The maximum Gasteiger partial charge on any atom is 0.387 e. The average Bonchev–Trinajstić information content (AvgIpc) is 2.64. The molecule has 0 aromatic heterocycles. The van der Waals surface area contributed by atoms with Gasteiger partial charge in [-0.15, -0.1) is 0 Å². The molecule has 0 aliphatic heterocycles. The number of ether oxygens (including phenoxy) is 3. The number of aryl methyl sites for hydroxylation is 1. The van der Waals surface area contributed by atoms with Gasteiger partial charge in [0.25, 0.3) is 5.91 Å². The second kappa shape index (κ2) is 9.68. The van der Waals surface area contributed by atoms with Gasteiger partial charge in [-0.1, -0.05) is 12.1 Å². The van der Waals surface area contributed by atoms with Crippen molar-refractivity contribution in [1.29, 1.82) is 0 Å². The Kier molecular flexibility index (Phi) is 7.31. The molecular weight excluding hydrogens is 372 g/mol. The standard InChI is InChI=1S/C20H21F2NO5/c1-4-26-17-10-14(8-9-16(17)28-20(21)22)19(25)27-11-18(24)23-15-7-5-6-12(2)13(15)3/h5-10,20H,4,11H2,1-3H3,(H,23,24). The highest BCUT2D eigenvalue weighted by molar-refractivity contribution is 5.96. The molecule has 0 aliphatic carbocycles. The summed E-state index contributed by atoms with van der Waals surface area (Å²) in [5.41, 5.74) is 2.61. The molecule has 0 heterocycles. The Morgan fingerprint density at radius 2 is 1.86 bits per heavy atom. The second-order valence-electron chi connectivity index (χ2n) is 5.84. The van der Waals surface area contributed by atoms with Gasteiger partial charge in [-0.25, -0.2) is 4.79 Å². The molecule has 0 saturated heterocycles. The fourth-order valence-electron chi connectivity index (χ4n) is 2.38. The number of benzene rings is 2. The Morgan fingerprint density at radius 3 is 2.54 bits per heavy atom. The largest absolute Gasteiger partial charge is 0.490 e. The van der Waals surface area contributed by atoms with Crippen molar-refractivity contribution >= 4 is 17.6 Å². The van der Waals surface area contributed by atoms with E-state index in [0.29, 0.717) is 5.69 Å². The lowest BCUT2D eigenvalue weighted by atomic mass is 10.1. The minimum absolute atomic E-state index is 0.0166. The average molecular weight is 393 g/mol. The van der Waals surface area contributed by atoms with Crippen LogP contribution in [0.25, 0.3) is 0 Å². The molecular formula is C20H21F2NO5. The van der Waals surface area contributed by atoms with Crippen molar-refractivity contribution in [3.8, 4) is 11.5 Å². The first-order valence-electron chi connectivity index (χ1n) is 8.56. The summed E-state index contributed by atoms with van der Waals surface area (Å²) < 4.78 is 39.4. The normalized spacial score (nSPS) is 10.5. The summed E-state index contributed by atoms with van der Waals surface area (Å²) in [6.45, 7) is 2.12. The quantitative estimate of drug-likeness (QED) is 0.684. The van der Waals surface area contributed by atoms with Crippen LogP contribution in [0.5, 0.6) is 11.5 Å². The van der Waals surface area contributed by atoms with Crippen molar-refractivity contribution in [3.05, 3.63) is 53.1 Å². The topological polar surface area (TPSA) is 73.9 Å². The van der Waals surface area contributed by atoms with Crippen LogP contribution in [0, 0.1) is 13.8 Å². The molecule has 0 atom stereocenters. The third-order valence-electron chi connectivity index (χ3n) is 3.91. The molecule has 2 aromatic rings. The Morgan fingerprint density at radius 1 is 1.11 bits per heavy atom. The minimum atomic E-state index is -3.02. The number of alkyl halides is 2. The summed E-state index contributed by atoms with van der Waals surface area (Å²) in [6.07, 6.45) is 0. The zero-order valence-corrected chi connectivity index (χ0v) is 15.8. The number of hydrogen-bond donors (Lipinski definition) is 1. The summed E-state index contributed by atoms with van der Waals surface area (Å²) >= 11 is 0. The van der Waals surface area contributed by atoms with E-state index in [1.165, 1.54) is 18.2 Å². The second-order valence-corrected chi connectivity index (χ2v) is 5.84. The zero-order valence-electron chi connectivity index (χ0n) is 15.8. The summed E-state index contributed by atoms with van der Waals surface area (Å²) in [7, 11) is 0. The van der Waals surface area contributed by atoms with Gasteiger partial charge in [0.15, 0.2) is 18.1 Å². The first-order valence-corrected chi connectivity index (χ1v) is 8.56. The molecule has 0 saturated carbocycles. The molecule has 0 fully saturated rings. The molecule has 150 valence electrons. The first kappa shape index (κ1) is 21.1. The molecule has 0 radical (unpaired) electrons. The molecule has 0 bridgehead atoms. The molecule has 0 spiro atoms. The van der Waals surface area contributed by atoms with Crippen molar-refractivity contribution in [2.24, 2.45) is 0 Å². The van der Waals surface area contributed by atoms with Crippen LogP contribution in [0.3, 0.4) is 0 Å². The van der Waals surface area contributed by atoms with E-state index in [1.807, 2.05) is 26.0 Å². The number of amides is 1. The number of carbonyl (C=O) groups is 2. The minimum Gasteiger partial charge on any atom is -0.490 e. The van der Waals surface area contributed by atoms with E-state index < -0.39 is 25.1 Å². The lowest BCUT2D eigenvalue weighted by Gasteiger charge is -2.13. The fourth-order valence-corrected chi connectivity index (χ4v) is 2.38. The van der Waals surface area contributed by atoms with Gasteiger partial charge in [0.2, 0.25) is 0 Å². The van der Waals surface area contributed by atoms with E-state index in [9.17, 15) is 18.4 Å². The fraction of sp³-hybridized carbons (Fsp3) is 0.300. The number of carbonyl (C=O) groups excluding carboxylic acids is 2. The molecule has 2 aromatic carbocycles. The van der Waals surface area contributed by atoms with Gasteiger partial charge in [0.1, 0.15) is 0 Å². The maximum atomic E-state index is 12.4.